The summed E-state index contributed by atoms with van der Waals surface area (Å²) >= 11 is 0. The highest BCUT2D eigenvalue weighted by molar-refractivity contribution is 6.44. The fourth-order valence-corrected chi connectivity index (χ4v) is 0.748. The van der Waals surface area contributed by atoms with E-state index in [1.807, 2.05) is 0 Å². The van der Waals surface area contributed by atoms with Crippen LogP contribution in [0.1, 0.15) is 0 Å². The summed E-state index contributed by atoms with van der Waals surface area (Å²) in [5.74, 6) is -1.74. The van der Waals surface area contributed by atoms with Crippen molar-refractivity contribution in [2.24, 2.45) is 22.4 Å². The standard InChI is InChI=1S/C5H7N3O2/c6-4(9)2-1-8-3(2)5(7)10/h2H,1H2,(H2,6,9)(H2,7,10). The molecule has 1 aliphatic rings. The predicted octanol–water partition coefficient (Wildman–Crippen LogP) is -1.97. The molecular formula is C5H7N3O2. The zero-order chi connectivity index (χ0) is 7.72. The van der Waals surface area contributed by atoms with Crippen LogP contribution in [0, 0.1) is 5.92 Å². The Morgan fingerprint density at radius 1 is 1.50 bits per heavy atom. The maximum atomic E-state index is 10.4. The first kappa shape index (κ1) is 6.73. The molecule has 0 aromatic carbocycles. The molecule has 0 saturated carbocycles. The molecule has 0 aliphatic carbocycles. The Labute approximate surface area is 57.1 Å². The second-order valence-corrected chi connectivity index (χ2v) is 2.05. The van der Waals surface area contributed by atoms with Crippen LogP contribution in [0.4, 0.5) is 0 Å². The summed E-state index contributed by atoms with van der Waals surface area (Å²) in [6, 6.07) is 0. The summed E-state index contributed by atoms with van der Waals surface area (Å²) < 4.78 is 0. The maximum Gasteiger partial charge on any atom is 0.263 e. The lowest BCUT2D eigenvalue weighted by Gasteiger charge is -2.19. The van der Waals surface area contributed by atoms with Gasteiger partial charge < -0.3 is 11.5 Å². The number of aliphatic imine (C=N–C) groups is 1. The SMILES string of the molecule is NC(=O)C1=NCC1C(N)=O. The topological polar surface area (TPSA) is 98.5 Å². The Hall–Kier alpha value is -1.39. The summed E-state index contributed by atoms with van der Waals surface area (Å²) in [4.78, 5) is 24.4. The van der Waals surface area contributed by atoms with Crippen molar-refractivity contribution in [2.75, 3.05) is 6.54 Å². The molecule has 0 aromatic rings. The molecule has 0 radical (unpaired) electrons. The number of primary amides is 2. The highest BCUT2D eigenvalue weighted by Gasteiger charge is 2.32. The van der Waals surface area contributed by atoms with E-state index in [4.69, 9.17) is 11.5 Å². The highest BCUT2D eigenvalue weighted by Crippen LogP contribution is 2.10. The third-order valence-electron chi connectivity index (χ3n) is 1.37. The number of rotatable bonds is 2. The Morgan fingerprint density at radius 3 is 2.20 bits per heavy atom. The van der Waals surface area contributed by atoms with Gasteiger partial charge in [0.1, 0.15) is 11.6 Å². The summed E-state index contributed by atoms with van der Waals surface area (Å²) in [7, 11) is 0. The minimum absolute atomic E-state index is 0.104. The lowest BCUT2D eigenvalue weighted by Crippen LogP contribution is -2.45. The van der Waals surface area contributed by atoms with Gasteiger partial charge in [-0.1, -0.05) is 0 Å². The second kappa shape index (κ2) is 2.09. The van der Waals surface area contributed by atoms with Crippen LogP contribution in [0.2, 0.25) is 0 Å². The molecule has 0 spiro atoms. The first-order valence-electron chi connectivity index (χ1n) is 2.76. The van der Waals surface area contributed by atoms with E-state index in [0.717, 1.165) is 0 Å². The molecule has 5 nitrogen and oxygen atoms in total. The number of nitrogens with two attached hydrogens (primary N) is 2. The number of hydrogen-bond donors (Lipinski definition) is 2. The molecule has 1 atom stereocenters. The number of carbonyl (C=O) groups is 2. The van der Waals surface area contributed by atoms with Gasteiger partial charge in [-0.15, -0.1) is 0 Å². The van der Waals surface area contributed by atoms with E-state index in [1.165, 1.54) is 0 Å². The van der Waals surface area contributed by atoms with E-state index < -0.39 is 17.7 Å². The quantitative estimate of drug-likeness (QED) is 0.466. The average Bonchev–Trinajstić information content (AvgIpc) is 1.56. The summed E-state index contributed by atoms with van der Waals surface area (Å²) in [6.07, 6.45) is 0. The van der Waals surface area contributed by atoms with Crippen LogP contribution in [0.25, 0.3) is 0 Å². The first-order chi connectivity index (χ1) is 4.63. The molecule has 0 aromatic heterocycles. The van der Waals surface area contributed by atoms with Crippen LogP contribution < -0.4 is 11.5 Å². The largest absolute Gasteiger partial charge is 0.369 e. The normalized spacial score (nSPS) is 22.8. The Bertz CT molecular complexity index is 221. The molecule has 10 heavy (non-hydrogen) atoms. The monoisotopic (exact) mass is 141 g/mol. The van der Waals surface area contributed by atoms with Crippen molar-refractivity contribution in [3.8, 4) is 0 Å². The van der Waals surface area contributed by atoms with Gasteiger partial charge in [-0.2, -0.15) is 0 Å². The third-order valence-corrected chi connectivity index (χ3v) is 1.37. The molecule has 5 heteroatoms. The molecule has 1 aliphatic heterocycles. The molecule has 2 amide bonds. The summed E-state index contributed by atoms with van der Waals surface area (Å²) in [5.41, 5.74) is 9.85. The van der Waals surface area contributed by atoms with Crippen LogP contribution in [0.15, 0.2) is 4.99 Å². The van der Waals surface area contributed by atoms with E-state index >= 15 is 0 Å². The molecular weight excluding hydrogens is 134 g/mol. The van der Waals surface area contributed by atoms with Crippen molar-refractivity contribution < 1.29 is 9.59 Å². The van der Waals surface area contributed by atoms with Gasteiger partial charge in [0.25, 0.3) is 5.91 Å². The molecule has 0 fully saturated rings. The van der Waals surface area contributed by atoms with Gasteiger partial charge in [-0.25, -0.2) is 0 Å². The maximum absolute atomic E-state index is 10.4. The number of hydrogen-bond acceptors (Lipinski definition) is 3. The van der Waals surface area contributed by atoms with Crippen molar-refractivity contribution in [2.45, 2.75) is 0 Å². The number of amides is 2. The van der Waals surface area contributed by atoms with E-state index in [-0.39, 0.29) is 5.71 Å². The summed E-state index contributed by atoms with van der Waals surface area (Å²) in [6.45, 7) is 0.299. The van der Waals surface area contributed by atoms with Crippen LogP contribution in [-0.2, 0) is 9.59 Å². The van der Waals surface area contributed by atoms with Gasteiger partial charge in [-0.05, 0) is 0 Å². The van der Waals surface area contributed by atoms with Crippen LogP contribution in [0.5, 0.6) is 0 Å². The van der Waals surface area contributed by atoms with Gasteiger partial charge in [0.05, 0.1) is 6.54 Å². The Balaban J connectivity index is 2.67. The van der Waals surface area contributed by atoms with Crippen LogP contribution in [0.3, 0.4) is 0 Å². The predicted molar refractivity (Wildman–Crippen MR) is 34.2 cm³/mol. The van der Waals surface area contributed by atoms with Crippen molar-refractivity contribution in [3.63, 3.8) is 0 Å². The van der Waals surface area contributed by atoms with Crippen molar-refractivity contribution in [1.82, 2.24) is 0 Å². The highest BCUT2D eigenvalue weighted by atomic mass is 16.2. The molecule has 1 heterocycles. The molecule has 0 saturated heterocycles. The number of carbonyl (C=O) groups excluding carboxylic acids is 2. The van der Waals surface area contributed by atoms with Crippen LogP contribution in [-0.4, -0.2) is 24.1 Å². The fraction of sp³-hybridized carbons (Fsp3) is 0.400. The van der Waals surface area contributed by atoms with E-state index in [9.17, 15) is 9.59 Å². The van der Waals surface area contributed by atoms with Crippen molar-refractivity contribution >= 4 is 17.5 Å². The lowest BCUT2D eigenvalue weighted by atomic mass is 9.97. The van der Waals surface area contributed by atoms with Gasteiger partial charge in [0, 0.05) is 0 Å². The van der Waals surface area contributed by atoms with Crippen LogP contribution >= 0.6 is 0 Å². The van der Waals surface area contributed by atoms with E-state index in [2.05, 4.69) is 4.99 Å². The first-order valence-corrected chi connectivity index (χ1v) is 2.76. The van der Waals surface area contributed by atoms with Gasteiger partial charge in [0.2, 0.25) is 5.91 Å². The molecule has 1 rings (SSSR count). The Morgan fingerprint density at radius 2 is 2.10 bits per heavy atom. The minimum atomic E-state index is -0.657. The summed E-state index contributed by atoms with van der Waals surface area (Å²) in [5, 5.41) is 0. The van der Waals surface area contributed by atoms with E-state index in [0.29, 0.717) is 6.54 Å². The molecule has 54 valence electrons. The van der Waals surface area contributed by atoms with E-state index in [1.54, 1.807) is 0 Å². The Kier molecular flexibility index (Phi) is 1.41. The molecule has 0 bridgehead atoms. The second-order valence-electron chi connectivity index (χ2n) is 2.05. The smallest absolute Gasteiger partial charge is 0.263 e. The average molecular weight is 141 g/mol. The molecule has 4 N–H and O–H groups in total. The zero-order valence-corrected chi connectivity index (χ0v) is 5.20. The van der Waals surface area contributed by atoms with Crippen molar-refractivity contribution in [3.05, 3.63) is 0 Å². The van der Waals surface area contributed by atoms with Crippen molar-refractivity contribution in [1.29, 1.82) is 0 Å². The lowest BCUT2D eigenvalue weighted by molar-refractivity contribution is -0.121. The third kappa shape index (κ3) is 0.854. The zero-order valence-electron chi connectivity index (χ0n) is 5.20. The minimum Gasteiger partial charge on any atom is -0.369 e. The molecule has 1 unspecified atom stereocenters. The fourth-order valence-electron chi connectivity index (χ4n) is 0.748. The van der Waals surface area contributed by atoms with Gasteiger partial charge in [0.15, 0.2) is 0 Å². The number of nitrogens with zero attached hydrogens (tertiary/aromatic N) is 1. The van der Waals surface area contributed by atoms with Gasteiger partial charge in [-0.3, -0.25) is 14.6 Å². The van der Waals surface area contributed by atoms with Gasteiger partial charge >= 0.3 is 0 Å².